The van der Waals surface area contributed by atoms with E-state index in [0.29, 0.717) is 11.7 Å². The third-order valence-electron chi connectivity index (χ3n) is 4.20. The second-order valence-electron chi connectivity index (χ2n) is 5.31. The number of H-pyrrole nitrogens is 1. The molecule has 1 aromatic rings. The number of hydrogen-bond donors (Lipinski definition) is 2. The highest BCUT2D eigenvalue weighted by atomic mass is 16.2. The number of aromatic amines is 1. The van der Waals surface area contributed by atoms with Crippen molar-refractivity contribution in [3.63, 3.8) is 0 Å². The molecule has 1 saturated carbocycles. The highest BCUT2D eigenvalue weighted by Gasteiger charge is 2.28. The molecule has 1 amide bonds. The van der Waals surface area contributed by atoms with Gasteiger partial charge in [0.25, 0.3) is 5.91 Å². The molecule has 0 unspecified atom stereocenters. The van der Waals surface area contributed by atoms with Crippen molar-refractivity contribution in [2.45, 2.75) is 44.7 Å². The Bertz CT molecular complexity index is 448. The number of rotatable bonds is 2. The molecule has 1 aliphatic carbocycles. The Hall–Kier alpha value is -1.36. The standard InChI is InChI=1S/C13H20N4O/c1-17(9-4-2-3-5-9)13(18)12-10-8-14-7-6-11(10)15-16-12/h9,14H,2-8H2,1H3,(H,15,16). The van der Waals surface area contributed by atoms with Crippen LogP contribution in [0.1, 0.15) is 47.4 Å². The molecule has 0 aromatic carbocycles. The van der Waals surface area contributed by atoms with Crippen LogP contribution in [0.15, 0.2) is 0 Å². The molecule has 2 N–H and O–H groups in total. The Morgan fingerprint density at radius 2 is 2.17 bits per heavy atom. The van der Waals surface area contributed by atoms with E-state index in [2.05, 4.69) is 15.5 Å². The first-order valence-electron chi connectivity index (χ1n) is 6.81. The van der Waals surface area contributed by atoms with Gasteiger partial charge in [-0.25, -0.2) is 0 Å². The molecule has 5 heteroatoms. The van der Waals surface area contributed by atoms with Crippen molar-refractivity contribution in [3.8, 4) is 0 Å². The molecular weight excluding hydrogens is 228 g/mol. The maximum atomic E-state index is 12.5. The molecule has 1 fully saturated rings. The molecule has 2 aliphatic rings. The zero-order valence-electron chi connectivity index (χ0n) is 10.8. The summed E-state index contributed by atoms with van der Waals surface area (Å²) in [5.74, 6) is 0.0723. The minimum atomic E-state index is 0.0723. The van der Waals surface area contributed by atoms with Gasteiger partial charge in [-0.15, -0.1) is 0 Å². The summed E-state index contributed by atoms with van der Waals surface area (Å²) in [5.41, 5.74) is 2.81. The van der Waals surface area contributed by atoms with Gasteiger partial charge >= 0.3 is 0 Å². The van der Waals surface area contributed by atoms with Crippen LogP contribution in [0.5, 0.6) is 0 Å². The summed E-state index contributed by atoms with van der Waals surface area (Å²) in [7, 11) is 1.91. The Labute approximate surface area is 107 Å². The number of nitrogens with zero attached hydrogens (tertiary/aromatic N) is 2. The first-order chi connectivity index (χ1) is 8.77. The Balaban J connectivity index is 1.81. The summed E-state index contributed by atoms with van der Waals surface area (Å²) in [4.78, 5) is 14.4. The highest BCUT2D eigenvalue weighted by molar-refractivity contribution is 5.94. The molecule has 18 heavy (non-hydrogen) atoms. The molecule has 0 radical (unpaired) electrons. The summed E-state index contributed by atoms with van der Waals surface area (Å²) in [6.07, 6.45) is 5.67. The van der Waals surface area contributed by atoms with E-state index in [1.165, 1.54) is 12.8 Å². The number of fused-ring (bicyclic) bond motifs is 1. The maximum absolute atomic E-state index is 12.5. The van der Waals surface area contributed by atoms with Gasteiger partial charge in [-0.05, 0) is 12.8 Å². The van der Waals surface area contributed by atoms with Gasteiger partial charge in [0, 0.05) is 43.9 Å². The molecular formula is C13H20N4O. The monoisotopic (exact) mass is 248 g/mol. The lowest BCUT2D eigenvalue weighted by atomic mass is 10.1. The molecule has 1 aliphatic heterocycles. The van der Waals surface area contributed by atoms with Crippen molar-refractivity contribution in [1.29, 1.82) is 0 Å². The maximum Gasteiger partial charge on any atom is 0.274 e. The largest absolute Gasteiger partial charge is 0.337 e. The topological polar surface area (TPSA) is 61.0 Å². The summed E-state index contributed by atoms with van der Waals surface area (Å²) < 4.78 is 0. The predicted molar refractivity (Wildman–Crippen MR) is 68.3 cm³/mol. The van der Waals surface area contributed by atoms with Crippen LogP contribution in [-0.4, -0.2) is 40.6 Å². The number of nitrogens with one attached hydrogen (secondary N) is 2. The minimum absolute atomic E-state index is 0.0723. The molecule has 2 heterocycles. The fraction of sp³-hybridized carbons (Fsp3) is 0.692. The van der Waals surface area contributed by atoms with E-state index in [1.807, 2.05) is 11.9 Å². The van der Waals surface area contributed by atoms with E-state index >= 15 is 0 Å². The molecule has 98 valence electrons. The van der Waals surface area contributed by atoms with Crippen molar-refractivity contribution in [3.05, 3.63) is 17.0 Å². The summed E-state index contributed by atoms with van der Waals surface area (Å²) >= 11 is 0. The van der Waals surface area contributed by atoms with Crippen LogP contribution in [0.3, 0.4) is 0 Å². The Morgan fingerprint density at radius 1 is 1.39 bits per heavy atom. The molecule has 0 spiro atoms. The van der Waals surface area contributed by atoms with Gasteiger partial charge in [0.05, 0.1) is 0 Å². The van der Waals surface area contributed by atoms with Crippen LogP contribution in [0.2, 0.25) is 0 Å². The molecule has 3 rings (SSSR count). The third-order valence-corrected chi connectivity index (χ3v) is 4.20. The second-order valence-corrected chi connectivity index (χ2v) is 5.31. The normalized spacial score (nSPS) is 19.8. The molecule has 0 atom stereocenters. The van der Waals surface area contributed by atoms with Crippen molar-refractivity contribution in [2.24, 2.45) is 0 Å². The first-order valence-corrected chi connectivity index (χ1v) is 6.81. The summed E-state index contributed by atoms with van der Waals surface area (Å²) in [5, 5.41) is 10.5. The SMILES string of the molecule is CN(C(=O)c1n[nH]c2c1CNCC2)C1CCCC1. The number of carbonyl (C=O) groups excluding carboxylic acids is 1. The van der Waals surface area contributed by atoms with Crippen LogP contribution in [0.25, 0.3) is 0 Å². The van der Waals surface area contributed by atoms with Gasteiger partial charge in [0.2, 0.25) is 0 Å². The lowest BCUT2D eigenvalue weighted by molar-refractivity contribution is 0.0728. The molecule has 1 aromatic heterocycles. The lowest BCUT2D eigenvalue weighted by Gasteiger charge is -2.24. The highest BCUT2D eigenvalue weighted by Crippen LogP contribution is 2.25. The molecule has 0 bridgehead atoms. The van der Waals surface area contributed by atoms with E-state index in [0.717, 1.165) is 43.6 Å². The van der Waals surface area contributed by atoms with Crippen LogP contribution in [0.4, 0.5) is 0 Å². The van der Waals surface area contributed by atoms with Crippen LogP contribution >= 0.6 is 0 Å². The summed E-state index contributed by atoms with van der Waals surface area (Å²) in [6.45, 7) is 1.71. The smallest absolute Gasteiger partial charge is 0.274 e. The molecule has 5 nitrogen and oxygen atoms in total. The average molecular weight is 248 g/mol. The van der Waals surface area contributed by atoms with Crippen molar-refractivity contribution < 1.29 is 4.79 Å². The Kier molecular flexibility index (Phi) is 3.07. The van der Waals surface area contributed by atoms with Crippen molar-refractivity contribution >= 4 is 5.91 Å². The van der Waals surface area contributed by atoms with E-state index in [-0.39, 0.29) is 5.91 Å². The van der Waals surface area contributed by atoms with Gasteiger partial charge < -0.3 is 10.2 Å². The van der Waals surface area contributed by atoms with E-state index in [9.17, 15) is 4.79 Å². The van der Waals surface area contributed by atoms with Crippen LogP contribution in [0, 0.1) is 0 Å². The fourth-order valence-corrected chi connectivity index (χ4v) is 3.03. The van der Waals surface area contributed by atoms with Gasteiger partial charge in [0.15, 0.2) is 5.69 Å². The van der Waals surface area contributed by atoms with Crippen LogP contribution in [-0.2, 0) is 13.0 Å². The van der Waals surface area contributed by atoms with Gasteiger partial charge in [0.1, 0.15) is 0 Å². The summed E-state index contributed by atoms with van der Waals surface area (Å²) in [6, 6.07) is 0.404. The van der Waals surface area contributed by atoms with Crippen molar-refractivity contribution in [1.82, 2.24) is 20.4 Å². The van der Waals surface area contributed by atoms with E-state index < -0.39 is 0 Å². The Morgan fingerprint density at radius 3 is 2.94 bits per heavy atom. The lowest BCUT2D eigenvalue weighted by Crippen LogP contribution is -2.36. The van der Waals surface area contributed by atoms with Gasteiger partial charge in [-0.3, -0.25) is 9.89 Å². The van der Waals surface area contributed by atoms with Crippen molar-refractivity contribution in [2.75, 3.05) is 13.6 Å². The minimum Gasteiger partial charge on any atom is -0.337 e. The molecule has 0 saturated heterocycles. The zero-order valence-corrected chi connectivity index (χ0v) is 10.8. The quantitative estimate of drug-likeness (QED) is 0.823. The second kappa shape index (κ2) is 4.72. The predicted octanol–water partition coefficient (Wildman–Crippen LogP) is 1.07. The number of hydrogen-bond acceptors (Lipinski definition) is 3. The van der Waals surface area contributed by atoms with E-state index in [4.69, 9.17) is 0 Å². The number of amides is 1. The zero-order chi connectivity index (χ0) is 12.5. The number of carbonyl (C=O) groups is 1. The van der Waals surface area contributed by atoms with E-state index in [1.54, 1.807) is 0 Å². The fourth-order valence-electron chi connectivity index (χ4n) is 3.03. The van der Waals surface area contributed by atoms with Gasteiger partial charge in [-0.2, -0.15) is 5.10 Å². The number of aromatic nitrogens is 2. The third kappa shape index (κ3) is 1.92. The van der Waals surface area contributed by atoms with Gasteiger partial charge in [-0.1, -0.05) is 12.8 Å². The van der Waals surface area contributed by atoms with Crippen LogP contribution < -0.4 is 5.32 Å². The average Bonchev–Trinajstić information content (AvgIpc) is 3.06. The first kappa shape index (κ1) is 11.7.